The van der Waals surface area contributed by atoms with Crippen molar-refractivity contribution in [3.63, 3.8) is 0 Å². The number of benzene rings is 5. The molecular weight excluding hydrogens is 573 g/mol. The van der Waals surface area contributed by atoms with Crippen molar-refractivity contribution in [1.29, 1.82) is 5.26 Å². The zero-order chi connectivity index (χ0) is 32.0. The Labute approximate surface area is 277 Å². The molecule has 8 rings (SSSR count). The minimum Gasteiger partial charge on any atom is -0.208 e. The van der Waals surface area contributed by atoms with Gasteiger partial charge >= 0.3 is 0 Å². The Kier molecular flexibility index (Phi) is 7.41. The monoisotopic (exact) mass is 610 g/mol. The molecule has 5 aromatic carbocycles. The van der Waals surface area contributed by atoms with Gasteiger partial charge in [0.25, 0.3) is 0 Å². The highest BCUT2D eigenvalue weighted by Crippen LogP contribution is 2.56. The fraction of sp³-hybridized carbons (Fsp3) is 0.256. The van der Waals surface area contributed by atoms with Crippen molar-refractivity contribution in [1.82, 2.24) is 15.0 Å². The second-order valence-corrected chi connectivity index (χ2v) is 14.1. The number of hydrogen-bond donors (Lipinski definition) is 0. The molecular formula is C43H38N4. The molecule has 4 nitrogen and oxygen atoms in total. The van der Waals surface area contributed by atoms with Crippen LogP contribution >= 0.6 is 0 Å². The van der Waals surface area contributed by atoms with Crippen LogP contribution in [0.3, 0.4) is 0 Å². The molecule has 2 bridgehead atoms. The van der Waals surface area contributed by atoms with Crippen molar-refractivity contribution in [2.75, 3.05) is 0 Å². The van der Waals surface area contributed by atoms with Crippen LogP contribution < -0.4 is 0 Å². The third kappa shape index (κ3) is 5.40. The van der Waals surface area contributed by atoms with Crippen molar-refractivity contribution in [3.05, 3.63) is 126 Å². The van der Waals surface area contributed by atoms with Gasteiger partial charge in [0.2, 0.25) is 0 Å². The molecule has 0 saturated heterocycles. The predicted molar refractivity (Wildman–Crippen MR) is 190 cm³/mol. The molecule has 0 radical (unpaired) electrons. The zero-order valence-corrected chi connectivity index (χ0v) is 27.0. The van der Waals surface area contributed by atoms with Crippen molar-refractivity contribution < 1.29 is 0 Å². The van der Waals surface area contributed by atoms with E-state index >= 15 is 0 Å². The van der Waals surface area contributed by atoms with Gasteiger partial charge in [-0.2, -0.15) is 5.26 Å². The van der Waals surface area contributed by atoms with Gasteiger partial charge in [-0.05, 0) is 89.5 Å². The van der Waals surface area contributed by atoms with E-state index in [0.29, 0.717) is 29.3 Å². The van der Waals surface area contributed by atoms with Gasteiger partial charge < -0.3 is 0 Å². The van der Waals surface area contributed by atoms with E-state index in [1.54, 1.807) is 0 Å². The highest BCUT2D eigenvalue weighted by molar-refractivity contribution is 6.01. The molecule has 1 aromatic heterocycles. The first-order valence-corrected chi connectivity index (χ1v) is 16.9. The molecule has 2 aliphatic rings. The van der Waals surface area contributed by atoms with E-state index in [4.69, 9.17) is 15.0 Å². The Morgan fingerprint density at radius 3 is 1.89 bits per heavy atom. The Hall–Kier alpha value is -5.14. The van der Waals surface area contributed by atoms with Gasteiger partial charge in [-0.3, -0.25) is 0 Å². The summed E-state index contributed by atoms with van der Waals surface area (Å²) in [5.74, 6) is 3.98. The van der Waals surface area contributed by atoms with Gasteiger partial charge in [-0.1, -0.05) is 117 Å². The molecule has 4 heteroatoms. The number of aromatic nitrogens is 3. The summed E-state index contributed by atoms with van der Waals surface area (Å²) in [7, 11) is 0. The Morgan fingerprint density at radius 2 is 1.19 bits per heavy atom. The lowest BCUT2D eigenvalue weighted by atomic mass is 9.54. The lowest BCUT2D eigenvalue weighted by molar-refractivity contribution is 0.0790. The average molecular weight is 611 g/mol. The SMILES string of the molecule is C[C@@H]1C[C@@H]2C[C@H](C)CC(c3ccc(-c4nc(-c5ccccc5)nc(-c5cccc(-c6ccccc6)c5)n4)c4cccc(C#N)c34)(C1)C2. The summed E-state index contributed by atoms with van der Waals surface area (Å²) in [6, 6.07) is 42.2. The van der Waals surface area contributed by atoms with E-state index < -0.39 is 0 Å². The Balaban J connectivity index is 1.34. The third-order valence-electron chi connectivity index (χ3n) is 10.5. The van der Waals surface area contributed by atoms with Crippen molar-refractivity contribution in [2.24, 2.45) is 17.8 Å². The molecule has 2 fully saturated rings. The standard InChI is InChI=1S/C43H38N4/c1-28-21-30-22-29(2)25-43(24-28,26-30)38-20-19-37(36-18-10-17-35(27-44)39(36)38)42-46-40(32-13-7-4-8-14-32)45-41(47-42)34-16-9-15-33(23-34)31-11-5-3-6-12-31/h3-20,23,28-30H,21-22,24-26H2,1-2H3/t28-,29+,30-,43?. The van der Waals surface area contributed by atoms with Gasteiger partial charge in [0.15, 0.2) is 17.5 Å². The number of fused-ring (bicyclic) bond motifs is 3. The largest absolute Gasteiger partial charge is 0.208 e. The first-order chi connectivity index (χ1) is 23.0. The van der Waals surface area contributed by atoms with Crippen LogP contribution in [0.25, 0.3) is 56.1 Å². The quantitative estimate of drug-likeness (QED) is 0.195. The normalized spacial score (nSPS) is 22.1. The summed E-state index contributed by atoms with van der Waals surface area (Å²) < 4.78 is 0. The molecule has 2 aliphatic carbocycles. The second kappa shape index (κ2) is 11.9. The summed E-state index contributed by atoms with van der Waals surface area (Å²) in [5.41, 5.74) is 7.21. The molecule has 1 heterocycles. The highest BCUT2D eigenvalue weighted by atomic mass is 15.0. The van der Waals surface area contributed by atoms with Crippen LogP contribution in [-0.4, -0.2) is 15.0 Å². The summed E-state index contributed by atoms with van der Waals surface area (Å²) in [6.07, 6.45) is 6.19. The molecule has 0 aliphatic heterocycles. The lowest BCUT2D eigenvalue weighted by Crippen LogP contribution is -2.42. The molecule has 47 heavy (non-hydrogen) atoms. The van der Waals surface area contributed by atoms with Crippen LogP contribution in [0.15, 0.2) is 115 Å². The second-order valence-electron chi connectivity index (χ2n) is 14.1. The van der Waals surface area contributed by atoms with Crippen LogP contribution in [0.2, 0.25) is 0 Å². The van der Waals surface area contributed by atoms with Crippen molar-refractivity contribution in [2.45, 2.75) is 51.4 Å². The molecule has 230 valence electrons. The molecule has 4 atom stereocenters. The van der Waals surface area contributed by atoms with E-state index in [9.17, 15) is 5.26 Å². The van der Waals surface area contributed by atoms with Gasteiger partial charge in [-0.25, -0.2) is 15.0 Å². The summed E-state index contributed by atoms with van der Waals surface area (Å²) in [5, 5.41) is 12.6. The fourth-order valence-corrected chi connectivity index (χ4v) is 8.98. The van der Waals surface area contributed by atoms with E-state index in [1.165, 1.54) is 37.7 Å². The Bertz CT molecular complexity index is 2110. The molecule has 0 N–H and O–H groups in total. The fourth-order valence-electron chi connectivity index (χ4n) is 8.98. The van der Waals surface area contributed by atoms with Crippen molar-refractivity contribution in [3.8, 4) is 51.4 Å². The van der Waals surface area contributed by atoms with Crippen LogP contribution in [0.1, 0.15) is 57.1 Å². The van der Waals surface area contributed by atoms with Gasteiger partial charge in [0.05, 0.1) is 11.6 Å². The van der Waals surface area contributed by atoms with Gasteiger partial charge in [-0.15, -0.1) is 0 Å². The summed E-state index contributed by atoms with van der Waals surface area (Å²) in [4.78, 5) is 15.3. The first-order valence-electron chi connectivity index (χ1n) is 16.9. The molecule has 6 aromatic rings. The van der Waals surface area contributed by atoms with E-state index in [0.717, 1.165) is 50.1 Å². The minimum absolute atomic E-state index is 0.0844. The summed E-state index contributed by atoms with van der Waals surface area (Å²) in [6.45, 7) is 4.84. The number of nitrogens with zero attached hydrogens (tertiary/aromatic N) is 4. The first kappa shape index (κ1) is 29.3. The maximum Gasteiger partial charge on any atom is 0.164 e. The molecule has 0 spiro atoms. The Morgan fingerprint density at radius 1 is 0.596 bits per heavy atom. The van der Waals surface area contributed by atoms with Crippen molar-refractivity contribution >= 4 is 10.8 Å². The smallest absolute Gasteiger partial charge is 0.164 e. The number of hydrogen-bond acceptors (Lipinski definition) is 4. The number of rotatable bonds is 5. The van der Waals surface area contributed by atoms with Crippen LogP contribution in [0.4, 0.5) is 0 Å². The van der Waals surface area contributed by atoms with E-state index in [2.05, 4.69) is 86.6 Å². The van der Waals surface area contributed by atoms with E-state index in [1.807, 2.05) is 48.5 Å². The zero-order valence-electron chi connectivity index (χ0n) is 27.0. The van der Waals surface area contributed by atoms with Crippen LogP contribution in [0.5, 0.6) is 0 Å². The van der Waals surface area contributed by atoms with Gasteiger partial charge in [0.1, 0.15) is 0 Å². The maximum atomic E-state index is 10.5. The summed E-state index contributed by atoms with van der Waals surface area (Å²) >= 11 is 0. The number of nitriles is 1. The van der Waals surface area contributed by atoms with Gasteiger partial charge in [0, 0.05) is 22.1 Å². The highest BCUT2D eigenvalue weighted by Gasteiger charge is 2.46. The average Bonchev–Trinajstić information content (AvgIpc) is 3.11. The van der Waals surface area contributed by atoms with Crippen LogP contribution in [-0.2, 0) is 5.41 Å². The minimum atomic E-state index is 0.0844. The third-order valence-corrected chi connectivity index (χ3v) is 10.5. The molecule has 0 amide bonds. The molecule has 1 unspecified atom stereocenters. The van der Waals surface area contributed by atoms with E-state index in [-0.39, 0.29) is 5.41 Å². The lowest BCUT2D eigenvalue weighted by Gasteiger charge is -2.51. The molecule has 2 saturated carbocycles. The predicted octanol–water partition coefficient (Wildman–Crippen LogP) is 10.7. The maximum absolute atomic E-state index is 10.5. The topological polar surface area (TPSA) is 62.5 Å². The van der Waals surface area contributed by atoms with Crippen LogP contribution in [0, 0.1) is 29.1 Å².